The van der Waals surface area contributed by atoms with Crippen LogP contribution in [-0.4, -0.2) is 40.0 Å². The minimum absolute atomic E-state index is 0.0254. The molecule has 70 valence electrons. The molecule has 0 aromatic carbocycles. The number of amides is 1. The first-order chi connectivity index (χ1) is 5.47. The zero-order chi connectivity index (χ0) is 9.35. The van der Waals surface area contributed by atoms with Crippen LogP contribution in [-0.2, 0) is 4.79 Å². The fourth-order valence-corrected chi connectivity index (χ4v) is 1.60. The fourth-order valence-electron chi connectivity index (χ4n) is 1.33. The van der Waals surface area contributed by atoms with Gasteiger partial charge in [-0.25, -0.2) is 0 Å². The van der Waals surface area contributed by atoms with Crippen LogP contribution >= 0.6 is 11.6 Å². The number of alkyl halides is 1. The summed E-state index contributed by atoms with van der Waals surface area (Å²) in [6, 6.07) is 0. The van der Waals surface area contributed by atoms with Gasteiger partial charge < -0.3 is 10.0 Å². The zero-order valence-electron chi connectivity index (χ0n) is 7.38. The maximum atomic E-state index is 11.3. The van der Waals surface area contributed by atoms with E-state index in [2.05, 4.69) is 0 Å². The average molecular weight is 192 g/mol. The third kappa shape index (κ3) is 1.72. The van der Waals surface area contributed by atoms with Gasteiger partial charge in [0.1, 0.15) is 0 Å². The third-order valence-electron chi connectivity index (χ3n) is 2.20. The molecule has 0 radical (unpaired) electrons. The van der Waals surface area contributed by atoms with Crippen molar-refractivity contribution >= 4 is 17.5 Å². The van der Waals surface area contributed by atoms with E-state index in [1.165, 1.54) is 0 Å². The zero-order valence-corrected chi connectivity index (χ0v) is 8.14. The molecule has 1 heterocycles. The number of nitrogens with zero attached hydrogens (tertiary/aromatic N) is 1. The molecule has 0 saturated carbocycles. The Morgan fingerprint density at radius 3 is 2.67 bits per heavy atom. The van der Waals surface area contributed by atoms with E-state index in [1.54, 1.807) is 4.90 Å². The highest BCUT2D eigenvalue weighted by Gasteiger charge is 2.37. The second-order valence-corrected chi connectivity index (χ2v) is 4.39. The molecule has 1 rings (SSSR count). The van der Waals surface area contributed by atoms with Gasteiger partial charge in [-0.05, 0) is 13.8 Å². The third-order valence-corrected chi connectivity index (χ3v) is 2.49. The topological polar surface area (TPSA) is 40.5 Å². The number of carbonyl (C=O) groups is 1. The standard InChI is InChI=1S/C8H14ClNO2/c1-8(2,5-11)10-4-6(9)3-7(10)12/h6,11H,3-5H2,1-2H3. The molecule has 0 aromatic heterocycles. The smallest absolute Gasteiger partial charge is 0.224 e. The van der Waals surface area contributed by atoms with Crippen molar-refractivity contribution in [1.29, 1.82) is 0 Å². The quantitative estimate of drug-likeness (QED) is 0.650. The molecule has 1 aliphatic rings. The first-order valence-corrected chi connectivity index (χ1v) is 4.46. The fraction of sp³-hybridized carbons (Fsp3) is 0.875. The van der Waals surface area contributed by atoms with E-state index in [4.69, 9.17) is 16.7 Å². The van der Waals surface area contributed by atoms with Gasteiger partial charge in [-0.2, -0.15) is 0 Å². The number of aliphatic hydroxyl groups is 1. The average Bonchev–Trinajstić information content (AvgIpc) is 2.31. The summed E-state index contributed by atoms with van der Waals surface area (Å²) in [7, 11) is 0. The number of halogens is 1. The summed E-state index contributed by atoms with van der Waals surface area (Å²) < 4.78 is 0. The van der Waals surface area contributed by atoms with Crippen molar-refractivity contribution in [1.82, 2.24) is 4.90 Å². The normalized spacial score (nSPS) is 25.2. The predicted molar refractivity (Wildman–Crippen MR) is 47.1 cm³/mol. The Balaban J connectivity index is 2.70. The van der Waals surface area contributed by atoms with E-state index >= 15 is 0 Å². The SMILES string of the molecule is CC(C)(CO)N1CC(Cl)CC1=O. The number of rotatable bonds is 2. The lowest BCUT2D eigenvalue weighted by Gasteiger charge is -2.33. The van der Waals surface area contributed by atoms with E-state index in [1.807, 2.05) is 13.8 Å². The van der Waals surface area contributed by atoms with Gasteiger partial charge in [0.05, 0.1) is 17.5 Å². The molecule has 0 bridgehead atoms. The Bertz CT molecular complexity index is 193. The lowest BCUT2D eigenvalue weighted by Crippen LogP contribution is -2.47. The van der Waals surface area contributed by atoms with E-state index < -0.39 is 5.54 Å². The van der Waals surface area contributed by atoms with Crippen LogP contribution < -0.4 is 0 Å². The minimum Gasteiger partial charge on any atom is -0.394 e. The minimum atomic E-state index is -0.472. The lowest BCUT2D eigenvalue weighted by atomic mass is 10.1. The number of aliphatic hydroxyl groups excluding tert-OH is 1. The summed E-state index contributed by atoms with van der Waals surface area (Å²) in [4.78, 5) is 13.0. The molecule has 1 amide bonds. The number of hydrogen-bond donors (Lipinski definition) is 1. The van der Waals surface area contributed by atoms with Crippen LogP contribution in [0.2, 0.25) is 0 Å². The largest absolute Gasteiger partial charge is 0.394 e. The van der Waals surface area contributed by atoms with Gasteiger partial charge >= 0.3 is 0 Å². The van der Waals surface area contributed by atoms with Crippen LogP contribution in [0.15, 0.2) is 0 Å². The number of carbonyl (C=O) groups excluding carboxylic acids is 1. The predicted octanol–water partition coefficient (Wildman–Crippen LogP) is 0.597. The highest BCUT2D eigenvalue weighted by Crippen LogP contribution is 2.24. The Morgan fingerprint density at radius 2 is 2.33 bits per heavy atom. The molecule has 1 atom stereocenters. The molecular weight excluding hydrogens is 178 g/mol. The summed E-state index contributed by atoms with van der Waals surface area (Å²) >= 11 is 5.82. The maximum Gasteiger partial charge on any atom is 0.224 e. The van der Waals surface area contributed by atoms with Gasteiger partial charge in [0.25, 0.3) is 0 Å². The van der Waals surface area contributed by atoms with Gasteiger partial charge in [-0.3, -0.25) is 4.79 Å². The summed E-state index contributed by atoms with van der Waals surface area (Å²) in [5, 5.41) is 8.93. The molecule has 0 aliphatic carbocycles. The van der Waals surface area contributed by atoms with Crippen molar-refractivity contribution < 1.29 is 9.90 Å². The Labute approximate surface area is 77.3 Å². The molecule has 1 saturated heterocycles. The van der Waals surface area contributed by atoms with Crippen LogP contribution in [0.25, 0.3) is 0 Å². The molecule has 0 aromatic rings. The van der Waals surface area contributed by atoms with Crippen LogP contribution in [0.5, 0.6) is 0 Å². The molecule has 4 heteroatoms. The van der Waals surface area contributed by atoms with Crippen molar-refractivity contribution in [3.63, 3.8) is 0 Å². The molecule has 0 spiro atoms. The van der Waals surface area contributed by atoms with Crippen molar-refractivity contribution in [3.05, 3.63) is 0 Å². The second kappa shape index (κ2) is 3.23. The summed E-state index contributed by atoms with van der Waals surface area (Å²) in [5.74, 6) is 0.0362. The van der Waals surface area contributed by atoms with Gasteiger partial charge in [0, 0.05) is 13.0 Å². The number of hydrogen-bond acceptors (Lipinski definition) is 2. The molecule has 1 unspecified atom stereocenters. The molecule has 3 nitrogen and oxygen atoms in total. The highest BCUT2D eigenvalue weighted by molar-refractivity contribution is 6.22. The number of likely N-dealkylation sites (tertiary alicyclic amines) is 1. The van der Waals surface area contributed by atoms with E-state index in [-0.39, 0.29) is 17.9 Å². The van der Waals surface area contributed by atoms with Crippen LogP contribution in [0.4, 0.5) is 0 Å². The van der Waals surface area contributed by atoms with Crippen LogP contribution in [0, 0.1) is 0 Å². The van der Waals surface area contributed by atoms with E-state index in [0.717, 1.165) is 0 Å². The second-order valence-electron chi connectivity index (χ2n) is 3.78. The Kier molecular flexibility index (Phi) is 2.64. The van der Waals surface area contributed by atoms with Gasteiger partial charge in [-0.15, -0.1) is 11.6 Å². The lowest BCUT2D eigenvalue weighted by molar-refractivity contribution is -0.133. The van der Waals surface area contributed by atoms with Crippen molar-refractivity contribution in [2.75, 3.05) is 13.2 Å². The molecule has 1 aliphatic heterocycles. The highest BCUT2D eigenvalue weighted by atomic mass is 35.5. The van der Waals surface area contributed by atoms with Crippen molar-refractivity contribution in [3.8, 4) is 0 Å². The Morgan fingerprint density at radius 1 is 1.75 bits per heavy atom. The van der Waals surface area contributed by atoms with E-state index in [0.29, 0.717) is 13.0 Å². The monoisotopic (exact) mass is 191 g/mol. The molecular formula is C8H14ClNO2. The Hall–Kier alpha value is -0.280. The first kappa shape index (κ1) is 9.81. The van der Waals surface area contributed by atoms with Crippen LogP contribution in [0.1, 0.15) is 20.3 Å². The van der Waals surface area contributed by atoms with Gasteiger partial charge in [0.2, 0.25) is 5.91 Å². The summed E-state index contributed by atoms with van der Waals surface area (Å²) in [6.07, 6.45) is 0.394. The van der Waals surface area contributed by atoms with E-state index in [9.17, 15) is 4.79 Å². The maximum absolute atomic E-state index is 11.3. The van der Waals surface area contributed by atoms with Crippen LogP contribution in [0.3, 0.4) is 0 Å². The molecule has 1 N–H and O–H groups in total. The first-order valence-electron chi connectivity index (χ1n) is 4.03. The van der Waals surface area contributed by atoms with Gasteiger partial charge in [0.15, 0.2) is 0 Å². The molecule has 1 fully saturated rings. The summed E-state index contributed by atoms with van der Waals surface area (Å²) in [6.45, 7) is 4.19. The summed E-state index contributed by atoms with van der Waals surface area (Å²) in [5.41, 5.74) is -0.472. The molecule has 12 heavy (non-hydrogen) atoms. The van der Waals surface area contributed by atoms with Gasteiger partial charge in [-0.1, -0.05) is 0 Å². The van der Waals surface area contributed by atoms with Crippen molar-refractivity contribution in [2.24, 2.45) is 0 Å². The van der Waals surface area contributed by atoms with Crippen molar-refractivity contribution in [2.45, 2.75) is 31.2 Å².